The number of fused-ring (bicyclic) bond motifs is 1. The second-order valence-electron chi connectivity index (χ2n) is 8.48. The van der Waals surface area contributed by atoms with Crippen molar-refractivity contribution in [2.24, 2.45) is 5.41 Å². The molecule has 0 bridgehead atoms. The number of sulfonamides is 1. The first-order valence-corrected chi connectivity index (χ1v) is 12.0. The van der Waals surface area contributed by atoms with Crippen molar-refractivity contribution in [3.05, 3.63) is 36.4 Å². The van der Waals surface area contributed by atoms with Crippen molar-refractivity contribution in [2.75, 3.05) is 37.3 Å². The first-order valence-electron chi connectivity index (χ1n) is 10.1. The SMILES string of the molecule is CS(=O)(=O)NN1CCCC2(C1)CN(c1cc(-c3cnc4ccc(C(F)F)nn34)ncn1)C2. The Hall–Kier alpha value is -2.77. The van der Waals surface area contributed by atoms with Gasteiger partial charge in [0.05, 0.1) is 18.1 Å². The summed E-state index contributed by atoms with van der Waals surface area (Å²) in [5.74, 6) is 0.716. The van der Waals surface area contributed by atoms with E-state index in [1.165, 1.54) is 23.0 Å². The third kappa shape index (κ3) is 4.02. The standard InChI is InChI=1S/C19H22F2N8O2S/c1-32(30,31)26-28-6-2-5-19(11-28)9-27(10-19)17-7-14(23-12-24-17)15-8-22-16-4-3-13(18(20)21)25-29(15)16/h3-4,7-8,12,18,26H,2,5-6,9-11H2,1H3. The van der Waals surface area contributed by atoms with Gasteiger partial charge in [0.25, 0.3) is 6.43 Å². The lowest BCUT2D eigenvalue weighted by molar-refractivity contribution is 0.0480. The molecule has 0 aromatic carbocycles. The number of nitrogens with one attached hydrogen (secondary N) is 1. The first-order chi connectivity index (χ1) is 15.2. The van der Waals surface area contributed by atoms with E-state index in [4.69, 9.17) is 0 Å². The van der Waals surface area contributed by atoms with Crippen LogP contribution in [-0.4, -0.2) is 70.4 Å². The van der Waals surface area contributed by atoms with Crippen LogP contribution >= 0.6 is 0 Å². The summed E-state index contributed by atoms with van der Waals surface area (Å²) in [6, 6.07) is 4.55. The zero-order valence-corrected chi connectivity index (χ0v) is 18.1. The molecule has 2 saturated heterocycles. The second kappa shape index (κ2) is 7.67. The van der Waals surface area contributed by atoms with Crippen molar-refractivity contribution in [1.82, 2.24) is 34.4 Å². The molecule has 32 heavy (non-hydrogen) atoms. The van der Waals surface area contributed by atoms with Crippen LogP contribution in [0.15, 0.2) is 30.7 Å². The predicted molar refractivity (Wildman–Crippen MR) is 112 cm³/mol. The molecule has 0 unspecified atom stereocenters. The van der Waals surface area contributed by atoms with Crippen molar-refractivity contribution in [3.63, 3.8) is 0 Å². The monoisotopic (exact) mass is 464 g/mol. The summed E-state index contributed by atoms with van der Waals surface area (Å²) >= 11 is 0. The minimum absolute atomic E-state index is 0.00190. The van der Waals surface area contributed by atoms with Crippen LogP contribution < -0.4 is 9.73 Å². The van der Waals surface area contributed by atoms with Crippen LogP contribution in [0.4, 0.5) is 14.6 Å². The zero-order chi connectivity index (χ0) is 22.5. The largest absolute Gasteiger partial charge is 0.355 e. The zero-order valence-electron chi connectivity index (χ0n) is 17.3. The minimum atomic E-state index is -3.30. The summed E-state index contributed by atoms with van der Waals surface area (Å²) in [5.41, 5.74) is 1.15. The lowest BCUT2D eigenvalue weighted by atomic mass is 9.74. The van der Waals surface area contributed by atoms with E-state index in [2.05, 4.69) is 29.8 Å². The Labute approximate surface area is 183 Å². The molecule has 0 amide bonds. The highest BCUT2D eigenvalue weighted by Crippen LogP contribution is 2.40. The van der Waals surface area contributed by atoms with E-state index in [1.807, 2.05) is 0 Å². The van der Waals surface area contributed by atoms with Gasteiger partial charge < -0.3 is 4.90 Å². The van der Waals surface area contributed by atoms with Gasteiger partial charge in [-0.15, -0.1) is 4.83 Å². The quantitative estimate of drug-likeness (QED) is 0.605. The maximum absolute atomic E-state index is 13.1. The molecular weight excluding hydrogens is 442 g/mol. The molecule has 13 heteroatoms. The van der Waals surface area contributed by atoms with Gasteiger partial charge >= 0.3 is 0 Å². The van der Waals surface area contributed by atoms with Crippen LogP contribution in [0.25, 0.3) is 17.0 Å². The fourth-order valence-corrected chi connectivity index (χ4v) is 5.17. The van der Waals surface area contributed by atoms with E-state index in [9.17, 15) is 17.2 Å². The molecule has 170 valence electrons. The van der Waals surface area contributed by atoms with Crippen LogP contribution in [0.1, 0.15) is 25.0 Å². The summed E-state index contributed by atoms with van der Waals surface area (Å²) < 4.78 is 50.7. The molecule has 3 aromatic rings. The molecule has 0 radical (unpaired) electrons. The smallest absolute Gasteiger partial charge is 0.282 e. The lowest BCUT2D eigenvalue weighted by Gasteiger charge is -2.54. The fraction of sp³-hybridized carbons (Fsp3) is 0.474. The second-order valence-corrected chi connectivity index (χ2v) is 10.2. The third-order valence-corrected chi connectivity index (χ3v) is 6.44. The summed E-state index contributed by atoms with van der Waals surface area (Å²) in [4.78, 5) is 17.6. The van der Waals surface area contributed by atoms with Gasteiger partial charge in [-0.1, -0.05) is 0 Å². The molecule has 1 spiro atoms. The Bertz CT molecular complexity index is 1260. The van der Waals surface area contributed by atoms with Gasteiger partial charge in [-0.25, -0.2) is 41.7 Å². The molecule has 0 aliphatic carbocycles. The Morgan fingerprint density at radius 2 is 1.97 bits per heavy atom. The van der Waals surface area contributed by atoms with Crippen LogP contribution in [0.3, 0.4) is 0 Å². The summed E-state index contributed by atoms with van der Waals surface area (Å²) in [6.07, 6.45) is 3.38. The van der Waals surface area contributed by atoms with Crippen molar-refractivity contribution in [2.45, 2.75) is 19.3 Å². The fourth-order valence-electron chi connectivity index (χ4n) is 4.54. The number of piperidine rings is 1. The van der Waals surface area contributed by atoms with E-state index in [-0.39, 0.29) is 11.1 Å². The normalized spacial score (nSPS) is 19.1. The van der Waals surface area contributed by atoms with Gasteiger partial charge in [-0.3, -0.25) is 0 Å². The maximum Gasteiger partial charge on any atom is 0.282 e. The number of rotatable bonds is 5. The molecule has 0 atom stereocenters. The van der Waals surface area contributed by atoms with E-state index in [1.54, 1.807) is 17.3 Å². The number of alkyl halides is 2. The van der Waals surface area contributed by atoms with Crippen molar-refractivity contribution in [3.8, 4) is 11.4 Å². The average molecular weight is 465 g/mol. The van der Waals surface area contributed by atoms with Gasteiger partial charge in [0.1, 0.15) is 23.5 Å². The number of halogens is 2. The maximum atomic E-state index is 13.1. The predicted octanol–water partition coefficient (Wildman–Crippen LogP) is 1.49. The van der Waals surface area contributed by atoms with Crippen LogP contribution in [0, 0.1) is 5.41 Å². The molecule has 5 heterocycles. The molecular formula is C19H22F2N8O2S. The van der Waals surface area contributed by atoms with Gasteiger partial charge in [-0.05, 0) is 25.0 Å². The van der Waals surface area contributed by atoms with Gasteiger partial charge in [0.15, 0.2) is 5.65 Å². The molecule has 2 aliphatic rings. The van der Waals surface area contributed by atoms with Gasteiger partial charge in [-0.2, -0.15) is 5.10 Å². The Balaban J connectivity index is 1.35. The topological polar surface area (TPSA) is 109 Å². The number of nitrogens with zero attached hydrogens (tertiary/aromatic N) is 7. The summed E-state index contributed by atoms with van der Waals surface area (Å²) in [6.45, 7) is 2.81. The van der Waals surface area contributed by atoms with E-state index >= 15 is 0 Å². The van der Waals surface area contributed by atoms with Crippen molar-refractivity contribution < 1.29 is 17.2 Å². The number of hydrogen-bond acceptors (Lipinski definition) is 8. The van der Waals surface area contributed by atoms with Crippen LogP contribution in [0.5, 0.6) is 0 Å². The number of hydrogen-bond donors (Lipinski definition) is 1. The minimum Gasteiger partial charge on any atom is -0.355 e. The molecule has 0 saturated carbocycles. The summed E-state index contributed by atoms with van der Waals surface area (Å²) in [7, 11) is -3.30. The molecule has 2 aliphatic heterocycles. The number of anilines is 1. The van der Waals surface area contributed by atoms with Gasteiger partial charge in [0.2, 0.25) is 10.0 Å². The van der Waals surface area contributed by atoms with Crippen LogP contribution in [0.2, 0.25) is 0 Å². The van der Waals surface area contributed by atoms with Crippen molar-refractivity contribution in [1.29, 1.82) is 0 Å². The highest BCUT2D eigenvalue weighted by atomic mass is 32.2. The number of aromatic nitrogens is 5. The number of hydrazine groups is 1. The Kier molecular flexibility index (Phi) is 5.06. The molecule has 1 N–H and O–H groups in total. The van der Waals surface area contributed by atoms with E-state index in [0.717, 1.165) is 32.2 Å². The van der Waals surface area contributed by atoms with Crippen LogP contribution in [-0.2, 0) is 10.0 Å². The Morgan fingerprint density at radius 3 is 2.72 bits per heavy atom. The molecule has 10 nitrogen and oxygen atoms in total. The number of imidazole rings is 1. The molecule has 3 aromatic heterocycles. The summed E-state index contributed by atoms with van der Waals surface area (Å²) in [5, 5.41) is 5.76. The lowest BCUT2D eigenvalue weighted by Crippen LogP contribution is -2.65. The van der Waals surface area contributed by atoms with E-state index < -0.39 is 16.4 Å². The highest BCUT2D eigenvalue weighted by molar-refractivity contribution is 7.88. The highest BCUT2D eigenvalue weighted by Gasteiger charge is 2.46. The van der Waals surface area contributed by atoms with Crippen molar-refractivity contribution >= 4 is 21.5 Å². The average Bonchev–Trinajstić information content (AvgIpc) is 3.14. The Morgan fingerprint density at radius 1 is 1.16 bits per heavy atom. The first kappa shape index (κ1) is 21.1. The van der Waals surface area contributed by atoms with E-state index in [0.29, 0.717) is 35.9 Å². The van der Waals surface area contributed by atoms with Gasteiger partial charge in [0, 0.05) is 37.7 Å². The third-order valence-electron chi connectivity index (χ3n) is 5.85. The molecule has 5 rings (SSSR count). The molecule has 2 fully saturated rings.